The average molecular weight is 284 g/mol. The lowest BCUT2D eigenvalue weighted by Gasteiger charge is -2.09. The van der Waals surface area contributed by atoms with Gasteiger partial charge in [0.25, 0.3) is 0 Å². The van der Waals surface area contributed by atoms with Gasteiger partial charge in [-0.05, 0) is 38.8 Å². The lowest BCUT2D eigenvalue weighted by molar-refractivity contribution is 0.566. The fourth-order valence-corrected chi connectivity index (χ4v) is 2.36. The fourth-order valence-electron chi connectivity index (χ4n) is 1.60. The van der Waals surface area contributed by atoms with Gasteiger partial charge in [0, 0.05) is 18.8 Å². The molecule has 0 saturated carbocycles. The van der Waals surface area contributed by atoms with Crippen LogP contribution in [0.1, 0.15) is 33.1 Å². The molecular weight excluding hydrogens is 260 g/mol. The third kappa shape index (κ3) is 6.59. The van der Waals surface area contributed by atoms with Crippen molar-refractivity contribution in [3.8, 4) is 0 Å². The highest BCUT2D eigenvalue weighted by atomic mass is 32.2. The molecule has 0 heterocycles. The van der Waals surface area contributed by atoms with E-state index in [4.69, 9.17) is 0 Å². The lowest BCUT2D eigenvalue weighted by atomic mass is 10.2. The number of para-hydroxylation sites is 1. The van der Waals surface area contributed by atoms with Gasteiger partial charge in [0.1, 0.15) is 0 Å². The molecule has 0 radical (unpaired) electrons. The van der Waals surface area contributed by atoms with Gasteiger partial charge in [-0.15, -0.1) is 0 Å². The number of nitrogens with one attached hydrogen (secondary N) is 2. The number of benzene rings is 1. The van der Waals surface area contributed by atoms with Crippen molar-refractivity contribution in [2.75, 3.05) is 18.4 Å². The molecule has 0 aliphatic heterocycles. The van der Waals surface area contributed by atoms with E-state index in [9.17, 15) is 8.42 Å². The largest absolute Gasteiger partial charge is 0.385 e. The van der Waals surface area contributed by atoms with Crippen LogP contribution >= 0.6 is 0 Å². The van der Waals surface area contributed by atoms with Crippen molar-refractivity contribution in [3.63, 3.8) is 0 Å². The molecular formula is C14H24N2O2S. The average Bonchev–Trinajstić information content (AvgIpc) is 2.38. The van der Waals surface area contributed by atoms with Gasteiger partial charge in [0.2, 0.25) is 10.0 Å². The van der Waals surface area contributed by atoms with Crippen molar-refractivity contribution in [3.05, 3.63) is 30.3 Å². The second-order valence-corrected chi connectivity index (χ2v) is 7.16. The van der Waals surface area contributed by atoms with E-state index in [0.717, 1.165) is 31.5 Å². The van der Waals surface area contributed by atoms with E-state index >= 15 is 0 Å². The standard InChI is InChI=1S/C14H24N2O2S/c1-13(2)19(17,18)16-12-8-4-7-11-15-14-9-5-3-6-10-14/h3,5-6,9-10,13,15-16H,4,7-8,11-12H2,1-2H3. The van der Waals surface area contributed by atoms with E-state index in [1.807, 2.05) is 30.3 Å². The smallest absolute Gasteiger partial charge is 0.213 e. The first-order chi connectivity index (χ1) is 9.02. The SMILES string of the molecule is CC(C)S(=O)(=O)NCCCCCNc1ccccc1. The quantitative estimate of drug-likeness (QED) is 0.685. The molecule has 1 aromatic rings. The van der Waals surface area contributed by atoms with Gasteiger partial charge < -0.3 is 5.32 Å². The van der Waals surface area contributed by atoms with Crippen LogP contribution in [0.15, 0.2) is 30.3 Å². The number of hydrogen-bond acceptors (Lipinski definition) is 3. The molecule has 108 valence electrons. The summed E-state index contributed by atoms with van der Waals surface area (Å²) < 4.78 is 25.6. The highest BCUT2D eigenvalue weighted by Crippen LogP contribution is 2.05. The van der Waals surface area contributed by atoms with Crippen LogP contribution in [0.3, 0.4) is 0 Å². The van der Waals surface area contributed by atoms with Gasteiger partial charge >= 0.3 is 0 Å². The van der Waals surface area contributed by atoms with Crippen molar-refractivity contribution in [1.82, 2.24) is 4.72 Å². The lowest BCUT2D eigenvalue weighted by Crippen LogP contribution is -2.31. The molecule has 0 unspecified atom stereocenters. The summed E-state index contributed by atoms with van der Waals surface area (Å²) in [5.74, 6) is 0. The van der Waals surface area contributed by atoms with Crippen molar-refractivity contribution in [2.45, 2.75) is 38.4 Å². The molecule has 0 aliphatic rings. The Bertz CT molecular complexity index is 444. The first-order valence-corrected chi connectivity index (χ1v) is 8.34. The fraction of sp³-hybridized carbons (Fsp3) is 0.571. The summed E-state index contributed by atoms with van der Waals surface area (Å²) in [6.07, 6.45) is 2.93. The van der Waals surface area contributed by atoms with Crippen LogP contribution in [-0.4, -0.2) is 26.8 Å². The van der Waals surface area contributed by atoms with Gasteiger partial charge in [0.05, 0.1) is 5.25 Å². The van der Waals surface area contributed by atoms with Crippen LogP contribution in [-0.2, 0) is 10.0 Å². The molecule has 0 fully saturated rings. The summed E-state index contributed by atoms with van der Waals surface area (Å²) in [5.41, 5.74) is 1.13. The van der Waals surface area contributed by atoms with Crippen molar-refractivity contribution < 1.29 is 8.42 Å². The Hall–Kier alpha value is -1.07. The van der Waals surface area contributed by atoms with Crippen LogP contribution in [0.4, 0.5) is 5.69 Å². The van der Waals surface area contributed by atoms with E-state index in [-0.39, 0.29) is 5.25 Å². The van der Waals surface area contributed by atoms with Crippen molar-refractivity contribution >= 4 is 15.7 Å². The number of anilines is 1. The third-order valence-electron chi connectivity index (χ3n) is 2.88. The molecule has 0 atom stereocenters. The molecule has 0 aliphatic carbocycles. The van der Waals surface area contributed by atoms with Crippen LogP contribution in [0.5, 0.6) is 0 Å². The maximum Gasteiger partial charge on any atom is 0.213 e. The number of sulfonamides is 1. The van der Waals surface area contributed by atoms with E-state index in [1.54, 1.807) is 13.8 Å². The zero-order valence-electron chi connectivity index (χ0n) is 11.7. The predicted molar refractivity (Wildman–Crippen MR) is 80.8 cm³/mol. The Labute approximate surface area is 116 Å². The minimum Gasteiger partial charge on any atom is -0.385 e. The van der Waals surface area contributed by atoms with Crippen LogP contribution in [0.25, 0.3) is 0 Å². The zero-order valence-corrected chi connectivity index (χ0v) is 12.5. The monoisotopic (exact) mass is 284 g/mol. The molecule has 4 nitrogen and oxygen atoms in total. The van der Waals surface area contributed by atoms with E-state index in [1.165, 1.54) is 0 Å². The van der Waals surface area contributed by atoms with Crippen LogP contribution < -0.4 is 10.0 Å². The van der Waals surface area contributed by atoms with Crippen LogP contribution in [0.2, 0.25) is 0 Å². The summed E-state index contributed by atoms with van der Waals surface area (Å²) in [6.45, 7) is 4.82. The van der Waals surface area contributed by atoms with Gasteiger partial charge in [-0.2, -0.15) is 0 Å². The molecule has 1 rings (SSSR count). The second-order valence-electron chi connectivity index (χ2n) is 4.84. The molecule has 19 heavy (non-hydrogen) atoms. The first-order valence-electron chi connectivity index (χ1n) is 6.80. The Morgan fingerprint density at radius 2 is 1.63 bits per heavy atom. The summed E-state index contributed by atoms with van der Waals surface area (Å²) in [4.78, 5) is 0. The summed E-state index contributed by atoms with van der Waals surface area (Å²) in [6, 6.07) is 10.1. The molecule has 0 bridgehead atoms. The minimum absolute atomic E-state index is 0.354. The maximum absolute atomic E-state index is 11.5. The molecule has 0 spiro atoms. The van der Waals surface area contributed by atoms with E-state index < -0.39 is 10.0 Å². The maximum atomic E-state index is 11.5. The summed E-state index contributed by atoms with van der Waals surface area (Å²) >= 11 is 0. The Kier molecular flexibility index (Phi) is 6.87. The number of rotatable bonds is 9. The predicted octanol–water partition coefficient (Wildman–Crippen LogP) is 2.60. The van der Waals surface area contributed by atoms with Crippen molar-refractivity contribution in [2.24, 2.45) is 0 Å². The molecule has 1 aromatic carbocycles. The highest BCUT2D eigenvalue weighted by Gasteiger charge is 2.13. The van der Waals surface area contributed by atoms with Crippen molar-refractivity contribution in [1.29, 1.82) is 0 Å². The van der Waals surface area contributed by atoms with Gasteiger partial charge in [-0.3, -0.25) is 0 Å². The third-order valence-corrected chi connectivity index (χ3v) is 4.73. The number of hydrogen-bond donors (Lipinski definition) is 2. The van der Waals surface area contributed by atoms with E-state index in [0.29, 0.717) is 6.54 Å². The Morgan fingerprint density at radius 1 is 1.00 bits per heavy atom. The number of unbranched alkanes of at least 4 members (excludes halogenated alkanes) is 2. The Balaban J connectivity index is 2.03. The summed E-state index contributed by atoms with van der Waals surface area (Å²) in [7, 11) is -3.10. The molecule has 5 heteroatoms. The van der Waals surface area contributed by atoms with Gasteiger partial charge in [0.15, 0.2) is 0 Å². The molecule has 0 amide bonds. The van der Waals surface area contributed by atoms with Gasteiger partial charge in [-0.25, -0.2) is 13.1 Å². The first kappa shape index (κ1) is 16.0. The highest BCUT2D eigenvalue weighted by molar-refractivity contribution is 7.90. The zero-order chi connectivity index (χ0) is 14.1. The van der Waals surface area contributed by atoms with Gasteiger partial charge in [-0.1, -0.05) is 24.6 Å². The molecule has 0 saturated heterocycles. The van der Waals surface area contributed by atoms with E-state index in [2.05, 4.69) is 10.0 Å². The normalized spacial score (nSPS) is 11.7. The molecule has 0 aromatic heterocycles. The second kappa shape index (κ2) is 8.17. The molecule has 2 N–H and O–H groups in total. The summed E-state index contributed by atoms with van der Waals surface area (Å²) in [5, 5.41) is 2.98. The van der Waals surface area contributed by atoms with Crippen LogP contribution in [0, 0.1) is 0 Å². The minimum atomic E-state index is -3.10. The Morgan fingerprint density at radius 3 is 2.26 bits per heavy atom. The topological polar surface area (TPSA) is 58.2 Å².